The van der Waals surface area contributed by atoms with Crippen LogP contribution in [0.4, 0.5) is 0 Å². The number of benzene rings is 6. The van der Waals surface area contributed by atoms with Gasteiger partial charge in [-0.05, 0) is 42.5 Å². The molecule has 10 aromatic rings. The minimum atomic E-state index is 0.578. The molecule has 220 valence electrons. The SMILES string of the molecule is c1ccc(-c2nc(-c3cccc4c3oc3ccccc34)nc(-c3cccc4c3sc3ccc(-c5nc6ccccc6s5)cc34)n2)cc1. The van der Waals surface area contributed by atoms with E-state index in [1.807, 2.05) is 66.7 Å². The molecule has 0 N–H and O–H groups in total. The maximum Gasteiger partial charge on any atom is 0.167 e. The molecule has 10 rings (SSSR count). The van der Waals surface area contributed by atoms with Crippen LogP contribution >= 0.6 is 22.7 Å². The van der Waals surface area contributed by atoms with E-state index in [9.17, 15) is 0 Å². The number of thiazole rings is 1. The van der Waals surface area contributed by atoms with Crippen LogP contribution in [0.5, 0.6) is 0 Å². The fraction of sp³-hybridized carbons (Fsp3) is 0. The summed E-state index contributed by atoms with van der Waals surface area (Å²) in [5.74, 6) is 1.83. The number of thiophene rings is 1. The van der Waals surface area contributed by atoms with Crippen LogP contribution in [0.3, 0.4) is 0 Å². The lowest BCUT2D eigenvalue weighted by Gasteiger charge is -2.09. The lowest BCUT2D eigenvalue weighted by molar-refractivity contribution is 0.669. The van der Waals surface area contributed by atoms with E-state index in [4.69, 9.17) is 24.4 Å². The second-order valence-corrected chi connectivity index (χ2v) is 13.5. The molecular weight excluding hydrogens is 617 g/mol. The predicted octanol–water partition coefficient (Wildman–Crippen LogP) is 11.4. The van der Waals surface area contributed by atoms with Gasteiger partial charge in [-0.2, -0.15) is 0 Å². The summed E-state index contributed by atoms with van der Waals surface area (Å²) in [7, 11) is 0. The maximum atomic E-state index is 6.40. The average Bonchev–Trinajstić information content (AvgIpc) is 3.85. The zero-order chi connectivity index (χ0) is 30.9. The van der Waals surface area contributed by atoms with Gasteiger partial charge in [-0.25, -0.2) is 19.9 Å². The zero-order valence-electron chi connectivity index (χ0n) is 24.7. The van der Waals surface area contributed by atoms with Crippen molar-refractivity contribution in [3.8, 4) is 44.7 Å². The fourth-order valence-corrected chi connectivity index (χ4v) is 8.51. The first-order valence-electron chi connectivity index (χ1n) is 15.3. The van der Waals surface area contributed by atoms with Crippen LogP contribution in [0.2, 0.25) is 0 Å². The largest absolute Gasteiger partial charge is 0.455 e. The number of aromatic nitrogens is 4. The minimum absolute atomic E-state index is 0.578. The third-order valence-electron chi connectivity index (χ3n) is 8.59. The quantitative estimate of drug-likeness (QED) is 0.192. The van der Waals surface area contributed by atoms with Crippen molar-refractivity contribution in [1.29, 1.82) is 0 Å². The molecule has 0 aliphatic heterocycles. The molecule has 5 nitrogen and oxygen atoms in total. The Hall–Kier alpha value is -5.76. The van der Waals surface area contributed by atoms with Gasteiger partial charge in [-0.3, -0.25) is 0 Å². The number of furan rings is 1. The Balaban J connectivity index is 1.18. The van der Waals surface area contributed by atoms with E-state index in [2.05, 4.69) is 66.7 Å². The van der Waals surface area contributed by atoms with Crippen LogP contribution in [0.25, 0.3) is 97.1 Å². The summed E-state index contributed by atoms with van der Waals surface area (Å²) in [6.07, 6.45) is 0. The molecule has 0 unspecified atom stereocenters. The summed E-state index contributed by atoms with van der Waals surface area (Å²) in [5, 5.41) is 5.51. The highest BCUT2D eigenvalue weighted by Crippen LogP contribution is 2.42. The van der Waals surface area contributed by atoms with Gasteiger partial charge in [0.15, 0.2) is 17.5 Å². The van der Waals surface area contributed by atoms with Crippen LogP contribution in [-0.2, 0) is 0 Å². The van der Waals surface area contributed by atoms with E-state index in [1.165, 1.54) is 20.2 Å². The monoisotopic (exact) mass is 638 g/mol. The standard InChI is InChI=1S/C40H22N4OS2/c1-2-10-23(11-3-1)37-42-38(28-15-8-13-26-25-12-4-6-18-32(25)45-35(26)28)44-39(43-37)29-16-9-14-27-30-22-24(20-21-33(30)46-36(27)29)40-41-31-17-5-7-19-34(31)47-40/h1-22H. The number of fused-ring (bicyclic) bond motifs is 7. The van der Waals surface area contributed by atoms with Crippen molar-refractivity contribution in [2.45, 2.75) is 0 Å². The van der Waals surface area contributed by atoms with Gasteiger partial charge in [0.2, 0.25) is 0 Å². The molecule has 0 aliphatic rings. The van der Waals surface area contributed by atoms with Gasteiger partial charge in [-0.1, -0.05) is 91.0 Å². The van der Waals surface area contributed by atoms with Crippen molar-refractivity contribution in [3.05, 3.63) is 133 Å². The Kier molecular flexibility index (Phi) is 5.85. The Morgan fingerprint density at radius 2 is 1.17 bits per heavy atom. The number of hydrogen-bond donors (Lipinski definition) is 0. The summed E-state index contributed by atoms with van der Waals surface area (Å²) in [6.45, 7) is 0. The van der Waals surface area contributed by atoms with Gasteiger partial charge >= 0.3 is 0 Å². The Bertz CT molecular complexity index is 2780. The summed E-state index contributed by atoms with van der Waals surface area (Å²) in [6, 6.07) is 45.7. The molecule has 47 heavy (non-hydrogen) atoms. The Morgan fingerprint density at radius 3 is 2.06 bits per heavy atom. The lowest BCUT2D eigenvalue weighted by atomic mass is 10.1. The summed E-state index contributed by atoms with van der Waals surface area (Å²) >= 11 is 3.49. The maximum absolute atomic E-state index is 6.40. The molecule has 0 amide bonds. The number of nitrogens with zero attached hydrogens (tertiary/aromatic N) is 4. The van der Waals surface area contributed by atoms with Crippen LogP contribution in [-0.4, -0.2) is 19.9 Å². The molecule has 4 aromatic heterocycles. The molecule has 0 aliphatic carbocycles. The Morgan fingerprint density at radius 1 is 0.447 bits per heavy atom. The summed E-state index contributed by atoms with van der Waals surface area (Å²) in [5.41, 5.74) is 6.50. The molecule has 0 fully saturated rings. The van der Waals surface area contributed by atoms with Gasteiger partial charge in [0.1, 0.15) is 16.2 Å². The smallest absolute Gasteiger partial charge is 0.167 e. The average molecular weight is 639 g/mol. The molecule has 6 aromatic carbocycles. The van der Waals surface area contributed by atoms with Crippen LogP contribution in [0.1, 0.15) is 0 Å². The second kappa shape index (κ2) is 10.4. The number of rotatable bonds is 4. The van der Waals surface area contributed by atoms with Crippen molar-refractivity contribution in [1.82, 2.24) is 19.9 Å². The highest BCUT2D eigenvalue weighted by atomic mass is 32.1. The first kappa shape index (κ1) is 26.5. The Labute approximate surface area is 276 Å². The predicted molar refractivity (Wildman–Crippen MR) is 195 cm³/mol. The molecule has 0 saturated heterocycles. The van der Waals surface area contributed by atoms with Gasteiger partial charge in [0.25, 0.3) is 0 Å². The first-order chi connectivity index (χ1) is 23.3. The third kappa shape index (κ3) is 4.28. The topological polar surface area (TPSA) is 64.7 Å². The van der Waals surface area contributed by atoms with Gasteiger partial charge < -0.3 is 4.42 Å². The van der Waals surface area contributed by atoms with Crippen molar-refractivity contribution in [2.75, 3.05) is 0 Å². The third-order valence-corrected chi connectivity index (χ3v) is 10.9. The van der Waals surface area contributed by atoms with Crippen molar-refractivity contribution in [2.24, 2.45) is 0 Å². The van der Waals surface area contributed by atoms with Crippen molar-refractivity contribution >= 4 is 75.0 Å². The highest BCUT2D eigenvalue weighted by Gasteiger charge is 2.20. The molecule has 0 atom stereocenters. The van der Waals surface area contributed by atoms with Crippen LogP contribution in [0, 0.1) is 0 Å². The molecule has 0 bridgehead atoms. The molecule has 4 heterocycles. The molecule has 0 radical (unpaired) electrons. The van der Waals surface area contributed by atoms with Gasteiger partial charge in [0, 0.05) is 47.6 Å². The van der Waals surface area contributed by atoms with Crippen molar-refractivity contribution in [3.63, 3.8) is 0 Å². The minimum Gasteiger partial charge on any atom is -0.455 e. The van der Waals surface area contributed by atoms with E-state index >= 15 is 0 Å². The molecule has 0 spiro atoms. The summed E-state index contributed by atoms with van der Waals surface area (Å²) in [4.78, 5) is 20.2. The van der Waals surface area contributed by atoms with Gasteiger partial charge in [0.05, 0.1) is 15.8 Å². The fourth-order valence-electron chi connectivity index (χ4n) is 6.36. The molecule has 7 heteroatoms. The van der Waals surface area contributed by atoms with E-state index in [0.717, 1.165) is 59.4 Å². The van der Waals surface area contributed by atoms with E-state index in [-0.39, 0.29) is 0 Å². The molecule has 0 saturated carbocycles. The van der Waals surface area contributed by atoms with Gasteiger partial charge in [-0.15, -0.1) is 22.7 Å². The number of para-hydroxylation sites is 3. The normalized spacial score (nSPS) is 11.8. The first-order valence-corrected chi connectivity index (χ1v) is 16.9. The summed E-state index contributed by atoms with van der Waals surface area (Å²) < 4.78 is 9.95. The van der Waals surface area contributed by atoms with Crippen LogP contribution < -0.4 is 0 Å². The van der Waals surface area contributed by atoms with E-state index in [1.54, 1.807) is 22.7 Å². The van der Waals surface area contributed by atoms with E-state index in [0.29, 0.717) is 17.5 Å². The molecular formula is C40H22N4OS2. The zero-order valence-corrected chi connectivity index (χ0v) is 26.3. The lowest BCUT2D eigenvalue weighted by Crippen LogP contribution is -2.00. The number of hydrogen-bond acceptors (Lipinski definition) is 7. The van der Waals surface area contributed by atoms with E-state index < -0.39 is 0 Å². The van der Waals surface area contributed by atoms with Crippen LogP contribution in [0.15, 0.2) is 138 Å². The highest BCUT2D eigenvalue weighted by molar-refractivity contribution is 7.26. The van der Waals surface area contributed by atoms with Crippen molar-refractivity contribution < 1.29 is 4.42 Å². The second-order valence-electron chi connectivity index (χ2n) is 11.4.